The largest absolute Gasteiger partial charge is 0.478 e. The van der Waals surface area contributed by atoms with Crippen molar-refractivity contribution in [2.75, 3.05) is 26.2 Å². The lowest BCUT2D eigenvalue weighted by Gasteiger charge is -2.51. The van der Waals surface area contributed by atoms with E-state index in [9.17, 15) is 50.6 Å². The molecule has 2 amide bonds. The van der Waals surface area contributed by atoms with Gasteiger partial charge in [0.15, 0.2) is 0 Å². The van der Waals surface area contributed by atoms with E-state index in [2.05, 4.69) is 15.0 Å². The maximum Gasteiger partial charge on any atom is 0.416 e. The second-order valence-electron chi connectivity index (χ2n) is 12.5. The highest BCUT2D eigenvalue weighted by molar-refractivity contribution is 5.93. The third kappa shape index (κ3) is 6.06. The Balaban J connectivity index is 1.27. The number of benzene rings is 1. The van der Waals surface area contributed by atoms with Crippen molar-refractivity contribution in [3.05, 3.63) is 93.8 Å². The van der Waals surface area contributed by atoms with Gasteiger partial charge in [-0.1, -0.05) is 24.3 Å². The Labute approximate surface area is 268 Å². The van der Waals surface area contributed by atoms with Gasteiger partial charge in [-0.25, -0.2) is 9.78 Å². The average molecular weight is 676 g/mol. The third-order valence-electron chi connectivity index (χ3n) is 9.25. The molecule has 10 nitrogen and oxygen atoms in total. The number of rotatable bonds is 7. The van der Waals surface area contributed by atoms with Crippen LogP contribution in [-0.2, 0) is 22.2 Å². The highest BCUT2D eigenvalue weighted by Gasteiger charge is 2.71. The summed E-state index contributed by atoms with van der Waals surface area (Å²) in [7, 11) is 0. The number of halogens is 6. The van der Waals surface area contributed by atoms with Gasteiger partial charge in [0.25, 0.3) is 11.5 Å². The summed E-state index contributed by atoms with van der Waals surface area (Å²) in [5, 5.41) is 10.2. The normalized spacial score (nSPS) is 20.0. The Morgan fingerprint density at radius 3 is 2.21 bits per heavy atom. The first-order valence-corrected chi connectivity index (χ1v) is 14.8. The molecule has 3 aliphatic rings. The first-order valence-electron chi connectivity index (χ1n) is 14.8. The predicted octanol–water partition coefficient (Wildman–Crippen LogP) is 4.35. The minimum atomic E-state index is -4.71. The lowest BCUT2D eigenvalue weighted by atomic mass is 9.70. The van der Waals surface area contributed by atoms with Crippen LogP contribution in [-0.4, -0.2) is 80.0 Å². The summed E-state index contributed by atoms with van der Waals surface area (Å²) in [4.78, 5) is 63.3. The number of aromatic nitrogens is 3. The van der Waals surface area contributed by atoms with Gasteiger partial charge in [0, 0.05) is 67.0 Å². The number of aromatic amines is 1. The smallest absolute Gasteiger partial charge is 0.416 e. The van der Waals surface area contributed by atoms with Crippen molar-refractivity contribution >= 4 is 17.8 Å². The SMILES string of the molecule is O=C(O)C(=CC1CN(C(=O)c2c[nH]c(=O)cn2)CC12CN(C(=O)C1(C(F)(F)F)CC1)C2)Cc1cccc(-c2ccc(C(F)(F)F)cc2)n1. The second-order valence-corrected chi connectivity index (χ2v) is 12.5. The Morgan fingerprint density at radius 2 is 1.65 bits per heavy atom. The number of carboxylic acids is 1. The van der Waals surface area contributed by atoms with Crippen LogP contribution in [0.4, 0.5) is 26.3 Å². The zero-order chi connectivity index (χ0) is 34.6. The molecule has 48 heavy (non-hydrogen) atoms. The van der Waals surface area contributed by atoms with E-state index in [0.29, 0.717) is 11.3 Å². The molecule has 0 radical (unpaired) electrons. The number of aliphatic carboxylic acids is 1. The Morgan fingerprint density at radius 1 is 0.979 bits per heavy atom. The zero-order valence-electron chi connectivity index (χ0n) is 24.9. The van der Waals surface area contributed by atoms with E-state index in [0.717, 1.165) is 29.4 Å². The number of amides is 2. The van der Waals surface area contributed by atoms with Gasteiger partial charge in [0.2, 0.25) is 5.91 Å². The van der Waals surface area contributed by atoms with Crippen LogP contribution < -0.4 is 5.56 Å². The molecule has 2 aromatic heterocycles. The van der Waals surface area contributed by atoms with Gasteiger partial charge in [0.1, 0.15) is 11.1 Å². The Bertz CT molecular complexity index is 1840. The number of pyridine rings is 1. The minimum absolute atomic E-state index is 0.00877. The Kier molecular flexibility index (Phi) is 7.95. The molecule has 0 bridgehead atoms. The molecule has 1 aromatic carbocycles. The molecule has 3 aromatic rings. The number of nitrogens with zero attached hydrogens (tertiary/aromatic N) is 4. The maximum atomic E-state index is 13.7. The van der Waals surface area contributed by atoms with Gasteiger partial charge in [-0.2, -0.15) is 26.3 Å². The van der Waals surface area contributed by atoms with E-state index in [1.807, 2.05) is 0 Å². The molecule has 1 saturated carbocycles. The van der Waals surface area contributed by atoms with Crippen molar-refractivity contribution in [1.29, 1.82) is 0 Å². The number of alkyl halides is 6. The quantitative estimate of drug-likeness (QED) is 0.281. The molecule has 4 heterocycles. The monoisotopic (exact) mass is 675 g/mol. The molecule has 1 aliphatic carbocycles. The fourth-order valence-electron chi connectivity index (χ4n) is 6.45. The summed E-state index contributed by atoms with van der Waals surface area (Å²) in [6.45, 7) is -0.322. The number of carbonyl (C=O) groups excluding carboxylic acids is 2. The zero-order valence-corrected chi connectivity index (χ0v) is 24.9. The van der Waals surface area contributed by atoms with Gasteiger partial charge >= 0.3 is 18.3 Å². The van der Waals surface area contributed by atoms with Crippen molar-refractivity contribution < 1.29 is 45.8 Å². The van der Waals surface area contributed by atoms with Crippen molar-refractivity contribution in [2.24, 2.45) is 16.7 Å². The average Bonchev–Trinajstić information content (AvgIpc) is 3.76. The van der Waals surface area contributed by atoms with Crippen molar-refractivity contribution in [3.8, 4) is 11.3 Å². The van der Waals surface area contributed by atoms with Gasteiger partial charge in [-0.05, 0) is 37.1 Å². The van der Waals surface area contributed by atoms with E-state index in [4.69, 9.17) is 0 Å². The van der Waals surface area contributed by atoms with Gasteiger partial charge in [-0.15, -0.1) is 0 Å². The highest BCUT2D eigenvalue weighted by Crippen LogP contribution is 2.60. The van der Waals surface area contributed by atoms with E-state index in [1.165, 1.54) is 23.1 Å². The standard InChI is InChI=1S/C32H27F6N5O5/c33-31(34,35)20-6-4-18(5-7-20)23-3-1-2-22(41-23)11-19(27(46)47)10-21-14-42(26(45)24-12-40-25(44)13-39-24)15-29(21)16-43(17-29)28(48)30(8-9-30)32(36,37)38/h1-7,10,12-13,21H,8-9,11,14-17H2,(H,40,44)(H,46,47). The van der Waals surface area contributed by atoms with Gasteiger partial charge < -0.3 is 19.9 Å². The molecular weight excluding hydrogens is 648 g/mol. The summed E-state index contributed by atoms with van der Waals surface area (Å²) in [5.74, 6) is -3.65. The van der Waals surface area contributed by atoms with Crippen LogP contribution in [0.3, 0.4) is 0 Å². The van der Waals surface area contributed by atoms with Gasteiger partial charge in [0.05, 0.1) is 17.5 Å². The number of hydrogen-bond donors (Lipinski definition) is 2. The van der Waals surface area contributed by atoms with E-state index >= 15 is 0 Å². The molecule has 252 valence electrons. The van der Waals surface area contributed by atoms with E-state index in [-0.39, 0.29) is 62.4 Å². The first-order chi connectivity index (χ1) is 22.5. The third-order valence-corrected chi connectivity index (χ3v) is 9.25. The van der Waals surface area contributed by atoms with Crippen molar-refractivity contribution in [1.82, 2.24) is 24.8 Å². The molecule has 3 fully saturated rings. The van der Waals surface area contributed by atoms with E-state index < -0.39 is 58.0 Å². The van der Waals surface area contributed by atoms with Crippen LogP contribution in [0.5, 0.6) is 0 Å². The predicted molar refractivity (Wildman–Crippen MR) is 155 cm³/mol. The number of hydrogen-bond acceptors (Lipinski definition) is 6. The maximum absolute atomic E-state index is 13.7. The van der Waals surface area contributed by atoms with Crippen LogP contribution in [0.25, 0.3) is 11.3 Å². The summed E-state index contributed by atoms with van der Waals surface area (Å²) < 4.78 is 80.2. The first kappa shape index (κ1) is 32.9. The topological polar surface area (TPSA) is 137 Å². The molecule has 6 rings (SSSR count). The van der Waals surface area contributed by atoms with Gasteiger partial charge in [-0.3, -0.25) is 19.4 Å². The Hall–Kier alpha value is -5.02. The fourth-order valence-corrected chi connectivity index (χ4v) is 6.45. The van der Waals surface area contributed by atoms with E-state index in [1.54, 1.807) is 18.2 Å². The molecule has 1 atom stereocenters. The number of likely N-dealkylation sites (tertiary alicyclic amines) is 2. The number of H-pyrrole nitrogens is 1. The van der Waals surface area contributed by atoms with Crippen LogP contribution >= 0.6 is 0 Å². The summed E-state index contributed by atoms with van der Waals surface area (Å²) in [6, 6.07) is 9.01. The molecule has 2 N–H and O–H groups in total. The number of carbonyl (C=O) groups is 3. The number of carboxylic acid groups (broad SMARTS) is 1. The molecule has 16 heteroatoms. The highest BCUT2D eigenvalue weighted by atomic mass is 19.4. The van der Waals surface area contributed by atoms with Crippen molar-refractivity contribution in [3.63, 3.8) is 0 Å². The summed E-state index contributed by atoms with van der Waals surface area (Å²) in [5.41, 5.74) is -4.03. The molecule has 2 saturated heterocycles. The lowest BCUT2D eigenvalue weighted by Crippen LogP contribution is -2.64. The fraction of sp³-hybridized carbons (Fsp3) is 0.375. The van der Waals surface area contributed by atoms with Crippen LogP contribution in [0.15, 0.2) is 71.3 Å². The summed E-state index contributed by atoms with van der Waals surface area (Å²) >= 11 is 0. The van der Waals surface area contributed by atoms with Crippen LogP contribution in [0.1, 0.15) is 34.6 Å². The molecular formula is C32H27F6N5O5. The number of nitrogens with one attached hydrogen (secondary N) is 1. The molecule has 1 spiro atoms. The van der Waals surface area contributed by atoms with Crippen LogP contribution in [0.2, 0.25) is 0 Å². The molecule has 1 unspecified atom stereocenters. The van der Waals surface area contributed by atoms with Crippen LogP contribution in [0, 0.1) is 16.7 Å². The minimum Gasteiger partial charge on any atom is -0.478 e. The lowest BCUT2D eigenvalue weighted by molar-refractivity contribution is -0.205. The van der Waals surface area contributed by atoms with Crippen molar-refractivity contribution in [2.45, 2.75) is 31.6 Å². The molecule has 2 aliphatic heterocycles. The summed E-state index contributed by atoms with van der Waals surface area (Å²) in [6.07, 6.45) is -6.61. The second kappa shape index (κ2) is 11.6.